The summed E-state index contributed by atoms with van der Waals surface area (Å²) in [7, 11) is 0. The molecule has 1 aromatic carbocycles. The van der Waals surface area contributed by atoms with Gasteiger partial charge in [0.1, 0.15) is 5.75 Å². The summed E-state index contributed by atoms with van der Waals surface area (Å²) in [5, 5.41) is 10.3. The summed E-state index contributed by atoms with van der Waals surface area (Å²) in [5.74, 6) is -19.9. The van der Waals surface area contributed by atoms with Crippen LogP contribution in [0.1, 0.15) is 38.7 Å². The van der Waals surface area contributed by atoms with E-state index in [0.29, 0.717) is 19.8 Å². The van der Waals surface area contributed by atoms with E-state index in [0.717, 1.165) is 6.07 Å². The standard InChI is InChI=1S/C17H19F9O2/c1-3-4-9-28-12-8-6-5-7-11(12)13(2,27)10-14(18,19)15(20,21)16(22,23)17(24,25)26/h5-8,27H,3-4,9-10H2,1-2H3. The Balaban J connectivity index is 3.24. The highest BCUT2D eigenvalue weighted by molar-refractivity contribution is 5.38. The van der Waals surface area contributed by atoms with Gasteiger partial charge >= 0.3 is 23.9 Å². The van der Waals surface area contributed by atoms with Crippen LogP contribution in [0, 0.1) is 0 Å². The summed E-state index contributed by atoms with van der Waals surface area (Å²) >= 11 is 0. The van der Waals surface area contributed by atoms with Crippen LogP contribution in [0.25, 0.3) is 0 Å². The van der Waals surface area contributed by atoms with Crippen molar-refractivity contribution in [1.29, 1.82) is 0 Å². The lowest BCUT2D eigenvalue weighted by Crippen LogP contribution is -2.62. The van der Waals surface area contributed by atoms with Gasteiger partial charge in [0, 0.05) is 5.56 Å². The number of hydrogen-bond acceptors (Lipinski definition) is 2. The summed E-state index contributed by atoms with van der Waals surface area (Å²) in [6.07, 6.45) is -8.09. The van der Waals surface area contributed by atoms with E-state index in [9.17, 15) is 44.6 Å². The SMILES string of the molecule is CCCCOc1ccccc1C(C)(O)CC(F)(F)C(F)(F)C(F)(F)C(F)(F)F. The summed E-state index contributed by atoms with van der Waals surface area (Å²) in [4.78, 5) is 0. The number of benzene rings is 1. The molecule has 1 atom stereocenters. The van der Waals surface area contributed by atoms with Gasteiger partial charge in [-0.1, -0.05) is 31.5 Å². The average molecular weight is 426 g/mol. The van der Waals surface area contributed by atoms with Crippen LogP contribution in [0.5, 0.6) is 5.75 Å². The van der Waals surface area contributed by atoms with E-state index in [1.165, 1.54) is 18.2 Å². The van der Waals surface area contributed by atoms with Crippen molar-refractivity contribution < 1.29 is 49.4 Å². The van der Waals surface area contributed by atoms with Crippen molar-refractivity contribution in [3.8, 4) is 5.75 Å². The number of alkyl halides is 9. The fourth-order valence-corrected chi connectivity index (χ4v) is 2.41. The zero-order valence-electron chi connectivity index (χ0n) is 14.9. The molecule has 0 heterocycles. The average Bonchev–Trinajstić information content (AvgIpc) is 2.53. The maximum Gasteiger partial charge on any atom is 0.460 e. The molecule has 0 bridgehead atoms. The fourth-order valence-electron chi connectivity index (χ4n) is 2.41. The molecule has 0 fully saturated rings. The van der Waals surface area contributed by atoms with E-state index in [-0.39, 0.29) is 12.4 Å². The topological polar surface area (TPSA) is 29.5 Å². The number of ether oxygens (including phenoxy) is 1. The van der Waals surface area contributed by atoms with Crippen molar-refractivity contribution in [2.45, 2.75) is 62.7 Å². The minimum absolute atomic E-state index is 0.0856. The van der Waals surface area contributed by atoms with Gasteiger partial charge in [-0.25, -0.2) is 0 Å². The van der Waals surface area contributed by atoms with Gasteiger partial charge in [0.05, 0.1) is 18.6 Å². The van der Waals surface area contributed by atoms with Crippen LogP contribution in [0.3, 0.4) is 0 Å². The van der Waals surface area contributed by atoms with Crippen molar-refractivity contribution in [3.05, 3.63) is 29.8 Å². The first-order valence-corrected chi connectivity index (χ1v) is 8.16. The third kappa shape index (κ3) is 4.66. The quantitative estimate of drug-likeness (QED) is 0.392. The molecule has 0 aliphatic heterocycles. The fraction of sp³-hybridized carbons (Fsp3) is 0.647. The number of unbranched alkanes of at least 4 members (excludes halogenated alkanes) is 1. The normalized spacial score (nSPS) is 16.0. The molecule has 1 unspecified atom stereocenters. The first-order valence-electron chi connectivity index (χ1n) is 8.16. The highest BCUT2D eigenvalue weighted by Crippen LogP contribution is 2.56. The van der Waals surface area contributed by atoms with E-state index < -0.39 is 41.5 Å². The lowest BCUT2D eigenvalue weighted by atomic mass is 9.85. The third-order valence-electron chi connectivity index (χ3n) is 4.00. The second kappa shape index (κ2) is 8.00. The van der Waals surface area contributed by atoms with Crippen LogP contribution in [0.2, 0.25) is 0 Å². The van der Waals surface area contributed by atoms with Gasteiger partial charge in [-0.3, -0.25) is 0 Å². The Bertz CT molecular complexity index is 654. The lowest BCUT2D eigenvalue weighted by Gasteiger charge is -2.37. The first-order chi connectivity index (χ1) is 12.5. The predicted molar refractivity (Wildman–Crippen MR) is 81.9 cm³/mol. The molecule has 11 heteroatoms. The molecule has 1 aromatic rings. The van der Waals surface area contributed by atoms with Crippen LogP contribution in [-0.2, 0) is 5.60 Å². The van der Waals surface area contributed by atoms with E-state index >= 15 is 0 Å². The molecule has 1 rings (SSSR count). The minimum Gasteiger partial charge on any atom is -0.493 e. The van der Waals surface area contributed by atoms with Gasteiger partial charge in [-0.2, -0.15) is 39.5 Å². The molecule has 0 spiro atoms. The van der Waals surface area contributed by atoms with E-state index in [1.807, 2.05) is 6.92 Å². The molecular formula is C17H19F9O2. The molecule has 162 valence electrons. The molecular weight excluding hydrogens is 407 g/mol. The van der Waals surface area contributed by atoms with E-state index in [1.54, 1.807) is 0 Å². The summed E-state index contributed by atoms with van der Waals surface area (Å²) in [6, 6.07) is 4.86. The molecule has 1 N–H and O–H groups in total. The maximum absolute atomic E-state index is 13.9. The van der Waals surface area contributed by atoms with Gasteiger partial charge in [-0.15, -0.1) is 0 Å². The van der Waals surface area contributed by atoms with E-state index in [2.05, 4.69) is 0 Å². The number of aliphatic hydroxyl groups is 1. The molecule has 0 aromatic heterocycles. The molecule has 0 saturated heterocycles. The van der Waals surface area contributed by atoms with Crippen LogP contribution < -0.4 is 4.74 Å². The third-order valence-corrected chi connectivity index (χ3v) is 4.00. The van der Waals surface area contributed by atoms with Crippen molar-refractivity contribution >= 4 is 0 Å². The number of halogens is 9. The molecule has 0 aliphatic rings. The van der Waals surface area contributed by atoms with Crippen molar-refractivity contribution in [3.63, 3.8) is 0 Å². The van der Waals surface area contributed by atoms with Crippen molar-refractivity contribution in [1.82, 2.24) is 0 Å². The number of hydrogen-bond donors (Lipinski definition) is 1. The van der Waals surface area contributed by atoms with Gasteiger partial charge < -0.3 is 9.84 Å². The highest BCUT2D eigenvalue weighted by atomic mass is 19.4. The van der Waals surface area contributed by atoms with Crippen molar-refractivity contribution in [2.75, 3.05) is 6.61 Å². The molecule has 0 saturated carbocycles. The van der Waals surface area contributed by atoms with Gasteiger partial charge in [0.2, 0.25) is 0 Å². The Hall–Kier alpha value is -1.65. The van der Waals surface area contributed by atoms with Crippen LogP contribution in [0.4, 0.5) is 39.5 Å². The summed E-state index contributed by atoms with van der Waals surface area (Å²) in [6.45, 7) is 2.50. The lowest BCUT2D eigenvalue weighted by molar-refractivity contribution is -0.400. The maximum atomic E-state index is 13.9. The Morgan fingerprint density at radius 1 is 0.893 bits per heavy atom. The molecule has 28 heavy (non-hydrogen) atoms. The van der Waals surface area contributed by atoms with Crippen LogP contribution in [0.15, 0.2) is 24.3 Å². The largest absolute Gasteiger partial charge is 0.493 e. The molecule has 0 radical (unpaired) electrons. The predicted octanol–water partition coefficient (Wildman–Crippen LogP) is 5.93. The Morgan fingerprint density at radius 3 is 1.93 bits per heavy atom. The number of rotatable bonds is 9. The monoisotopic (exact) mass is 426 g/mol. The van der Waals surface area contributed by atoms with Gasteiger partial charge in [0.25, 0.3) is 0 Å². The summed E-state index contributed by atoms with van der Waals surface area (Å²) in [5.41, 5.74) is -3.34. The van der Waals surface area contributed by atoms with Gasteiger partial charge in [0.15, 0.2) is 0 Å². The van der Waals surface area contributed by atoms with Gasteiger partial charge in [-0.05, 0) is 19.4 Å². The van der Waals surface area contributed by atoms with E-state index in [4.69, 9.17) is 4.74 Å². The zero-order valence-corrected chi connectivity index (χ0v) is 14.9. The highest BCUT2D eigenvalue weighted by Gasteiger charge is 2.82. The first kappa shape index (κ1) is 24.4. The Labute approximate surface area is 155 Å². The Morgan fingerprint density at radius 2 is 1.43 bits per heavy atom. The second-order valence-corrected chi connectivity index (χ2v) is 6.50. The number of para-hydroxylation sites is 1. The van der Waals surface area contributed by atoms with Crippen LogP contribution in [-0.4, -0.2) is 35.7 Å². The van der Waals surface area contributed by atoms with Crippen molar-refractivity contribution in [2.24, 2.45) is 0 Å². The summed E-state index contributed by atoms with van der Waals surface area (Å²) < 4.78 is 123. The molecule has 2 nitrogen and oxygen atoms in total. The zero-order chi connectivity index (χ0) is 22.0. The Kier molecular flexibility index (Phi) is 6.97. The van der Waals surface area contributed by atoms with Crippen LogP contribution >= 0.6 is 0 Å². The minimum atomic E-state index is -7.00. The second-order valence-electron chi connectivity index (χ2n) is 6.50. The molecule has 0 aliphatic carbocycles. The smallest absolute Gasteiger partial charge is 0.460 e. The molecule has 0 amide bonds.